The van der Waals surface area contributed by atoms with Crippen LogP contribution in [0.2, 0.25) is 5.02 Å². The van der Waals surface area contributed by atoms with Gasteiger partial charge in [0.15, 0.2) is 5.82 Å². The van der Waals surface area contributed by atoms with E-state index in [0.717, 1.165) is 18.7 Å². The highest BCUT2D eigenvalue weighted by Gasteiger charge is 2.40. The van der Waals surface area contributed by atoms with Crippen LogP contribution in [-0.2, 0) is 4.79 Å². The van der Waals surface area contributed by atoms with E-state index >= 15 is 0 Å². The van der Waals surface area contributed by atoms with Crippen LogP contribution in [0.15, 0.2) is 49.3 Å². The van der Waals surface area contributed by atoms with E-state index in [1.165, 1.54) is 24.5 Å². The van der Waals surface area contributed by atoms with Crippen LogP contribution in [0.1, 0.15) is 12.8 Å². The molecule has 0 saturated carbocycles. The standard InChI is InChI=1S/C23H21ClF2N6O2/c1-2-20(33)32-11-14-4-5-15(32)10-31(14)19-8-6-17-21(30-19)22(28-12-27-17)29-13-3-7-18(16(24)9-13)34-23(25)26/h2-3,6-9,12,14-15,23H,1,4-5,10-11H2,(H,27,28,29)/t14-,15-/m1/s1. The van der Waals surface area contributed by atoms with Gasteiger partial charge in [-0.2, -0.15) is 8.78 Å². The number of alkyl halides is 2. The lowest BCUT2D eigenvalue weighted by Gasteiger charge is -2.51. The number of hydrogen-bond acceptors (Lipinski definition) is 7. The molecule has 1 amide bonds. The Bertz CT molecular complexity index is 1260. The molecule has 0 unspecified atom stereocenters. The van der Waals surface area contributed by atoms with E-state index in [1.54, 1.807) is 6.07 Å². The molecule has 3 aromatic rings. The zero-order valence-electron chi connectivity index (χ0n) is 18.0. The monoisotopic (exact) mass is 486 g/mol. The van der Waals surface area contributed by atoms with Gasteiger partial charge >= 0.3 is 6.61 Å². The van der Waals surface area contributed by atoms with Gasteiger partial charge in [-0.1, -0.05) is 18.2 Å². The molecule has 0 radical (unpaired) electrons. The van der Waals surface area contributed by atoms with Crippen LogP contribution in [0.5, 0.6) is 5.75 Å². The molecule has 2 aromatic heterocycles. The zero-order valence-corrected chi connectivity index (χ0v) is 18.8. The first kappa shape index (κ1) is 22.3. The van der Waals surface area contributed by atoms with Crippen molar-refractivity contribution in [3.05, 3.63) is 54.3 Å². The van der Waals surface area contributed by atoms with E-state index in [1.807, 2.05) is 17.0 Å². The Morgan fingerprint density at radius 1 is 1.21 bits per heavy atom. The molecule has 34 heavy (non-hydrogen) atoms. The number of aromatic nitrogens is 3. The van der Waals surface area contributed by atoms with Gasteiger partial charge in [0.1, 0.15) is 23.4 Å². The number of piperidine rings is 2. The molecule has 8 nitrogen and oxygen atoms in total. The number of pyridine rings is 1. The molecule has 11 heteroatoms. The van der Waals surface area contributed by atoms with Crippen LogP contribution in [-0.4, -0.2) is 57.5 Å². The third-order valence-electron chi connectivity index (χ3n) is 6.16. The molecule has 0 aliphatic carbocycles. The fraction of sp³-hybridized carbons (Fsp3) is 0.304. The van der Waals surface area contributed by atoms with Crippen molar-refractivity contribution in [1.29, 1.82) is 0 Å². The number of hydrogen-bond donors (Lipinski definition) is 1. The fourth-order valence-electron chi connectivity index (χ4n) is 4.58. The van der Waals surface area contributed by atoms with Crippen molar-refractivity contribution in [2.75, 3.05) is 23.3 Å². The summed E-state index contributed by atoms with van der Waals surface area (Å²) in [5, 5.41) is 3.18. The fourth-order valence-corrected chi connectivity index (χ4v) is 4.81. The van der Waals surface area contributed by atoms with E-state index in [9.17, 15) is 13.6 Å². The average Bonchev–Trinajstić information content (AvgIpc) is 2.85. The predicted molar refractivity (Wildman–Crippen MR) is 125 cm³/mol. The number of piperazine rings is 1. The molecule has 176 valence electrons. The Hall–Kier alpha value is -3.53. The number of amides is 1. The highest BCUT2D eigenvalue weighted by Crippen LogP contribution is 2.34. The second-order valence-electron chi connectivity index (χ2n) is 8.14. The van der Waals surface area contributed by atoms with Gasteiger partial charge in [-0.05, 0) is 49.2 Å². The van der Waals surface area contributed by atoms with E-state index < -0.39 is 6.61 Å². The van der Waals surface area contributed by atoms with Gasteiger partial charge in [0.25, 0.3) is 0 Å². The molecular formula is C23H21ClF2N6O2. The topological polar surface area (TPSA) is 83.5 Å². The molecule has 1 N–H and O–H groups in total. The zero-order chi connectivity index (χ0) is 23.8. The largest absolute Gasteiger partial charge is 0.433 e. The van der Waals surface area contributed by atoms with Crippen LogP contribution in [0.25, 0.3) is 11.0 Å². The molecular weight excluding hydrogens is 466 g/mol. The second-order valence-corrected chi connectivity index (χ2v) is 8.55. The minimum Gasteiger partial charge on any atom is -0.433 e. The van der Waals surface area contributed by atoms with Gasteiger partial charge in [0.2, 0.25) is 5.91 Å². The van der Waals surface area contributed by atoms with Crippen LogP contribution < -0.4 is 15.0 Å². The Kier molecular flexibility index (Phi) is 5.91. The van der Waals surface area contributed by atoms with Crippen molar-refractivity contribution in [1.82, 2.24) is 19.9 Å². The minimum atomic E-state index is -2.96. The van der Waals surface area contributed by atoms with Crippen molar-refractivity contribution in [2.45, 2.75) is 31.5 Å². The number of rotatable bonds is 6. The van der Waals surface area contributed by atoms with E-state index in [-0.39, 0.29) is 28.8 Å². The Morgan fingerprint density at radius 2 is 2.03 bits per heavy atom. The number of ether oxygens (including phenoxy) is 1. The Morgan fingerprint density at radius 3 is 2.74 bits per heavy atom. The molecule has 3 fully saturated rings. The van der Waals surface area contributed by atoms with Gasteiger partial charge in [0.05, 0.1) is 10.5 Å². The quantitative estimate of drug-likeness (QED) is 0.517. The lowest BCUT2D eigenvalue weighted by Crippen LogP contribution is -2.64. The number of carbonyl (C=O) groups is 1. The van der Waals surface area contributed by atoms with Crippen LogP contribution in [0.3, 0.4) is 0 Å². The Labute approximate surface area is 199 Å². The summed E-state index contributed by atoms with van der Waals surface area (Å²) in [6.45, 7) is 1.98. The molecule has 3 aliphatic heterocycles. The van der Waals surface area contributed by atoms with Gasteiger partial charge in [-0.15, -0.1) is 0 Å². The number of benzene rings is 1. The summed E-state index contributed by atoms with van der Waals surface area (Å²) in [6, 6.07) is 8.50. The lowest BCUT2D eigenvalue weighted by molar-refractivity contribution is -0.131. The number of fused-ring (bicyclic) bond motifs is 4. The molecule has 3 aliphatic rings. The first-order chi connectivity index (χ1) is 16.4. The third-order valence-corrected chi connectivity index (χ3v) is 6.45. The van der Waals surface area contributed by atoms with Crippen molar-refractivity contribution in [3.63, 3.8) is 0 Å². The van der Waals surface area contributed by atoms with Crippen molar-refractivity contribution in [2.24, 2.45) is 0 Å². The number of nitrogens with one attached hydrogen (secondary N) is 1. The van der Waals surface area contributed by atoms with Crippen molar-refractivity contribution in [3.8, 4) is 5.75 Å². The highest BCUT2D eigenvalue weighted by molar-refractivity contribution is 6.32. The van der Waals surface area contributed by atoms with Gasteiger partial charge < -0.3 is 19.9 Å². The molecule has 2 bridgehead atoms. The number of halogens is 3. The van der Waals surface area contributed by atoms with Crippen LogP contribution >= 0.6 is 11.6 Å². The normalized spacial score (nSPS) is 19.5. The number of nitrogens with zero attached hydrogens (tertiary/aromatic N) is 5. The second kappa shape index (κ2) is 9.02. The lowest BCUT2D eigenvalue weighted by atomic mass is 9.90. The number of anilines is 3. The first-order valence-corrected chi connectivity index (χ1v) is 11.1. The maximum Gasteiger partial charge on any atom is 0.387 e. The summed E-state index contributed by atoms with van der Waals surface area (Å²) in [7, 11) is 0. The van der Waals surface area contributed by atoms with Gasteiger partial charge in [0, 0.05) is 30.9 Å². The van der Waals surface area contributed by atoms with Gasteiger partial charge in [-0.25, -0.2) is 15.0 Å². The maximum atomic E-state index is 12.5. The third kappa shape index (κ3) is 4.21. The van der Waals surface area contributed by atoms with Crippen molar-refractivity contribution < 1.29 is 18.3 Å². The summed E-state index contributed by atoms with van der Waals surface area (Å²) in [5.74, 6) is 1.09. The average molecular weight is 487 g/mol. The predicted octanol–water partition coefficient (Wildman–Crippen LogP) is 4.39. The van der Waals surface area contributed by atoms with E-state index in [4.69, 9.17) is 16.6 Å². The summed E-state index contributed by atoms with van der Waals surface area (Å²) < 4.78 is 29.4. The summed E-state index contributed by atoms with van der Waals surface area (Å²) >= 11 is 6.08. The summed E-state index contributed by atoms with van der Waals surface area (Å²) in [5.41, 5.74) is 1.74. The van der Waals surface area contributed by atoms with Crippen LogP contribution in [0.4, 0.5) is 26.1 Å². The summed E-state index contributed by atoms with van der Waals surface area (Å²) in [4.78, 5) is 29.8. The molecule has 5 heterocycles. The van der Waals surface area contributed by atoms with Crippen molar-refractivity contribution >= 4 is 45.9 Å². The number of carbonyl (C=O) groups excluding carboxylic acids is 1. The summed E-state index contributed by atoms with van der Waals surface area (Å²) in [6.07, 6.45) is 4.72. The van der Waals surface area contributed by atoms with Gasteiger partial charge in [-0.3, -0.25) is 4.79 Å². The highest BCUT2D eigenvalue weighted by atomic mass is 35.5. The van der Waals surface area contributed by atoms with E-state index in [0.29, 0.717) is 35.6 Å². The maximum absolute atomic E-state index is 12.5. The Balaban J connectivity index is 1.42. The van der Waals surface area contributed by atoms with Crippen LogP contribution in [0, 0.1) is 0 Å². The van der Waals surface area contributed by atoms with E-state index in [2.05, 4.69) is 31.5 Å². The first-order valence-electron chi connectivity index (χ1n) is 10.8. The molecule has 1 aromatic carbocycles. The smallest absolute Gasteiger partial charge is 0.387 e. The SMILES string of the molecule is C=CC(=O)N1C[C@H]2CC[C@@H]1CN2c1ccc2ncnc(Nc3ccc(OC(F)F)c(Cl)c3)c2n1. The molecule has 0 spiro atoms. The molecule has 2 atom stereocenters. The molecule has 6 rings (SSSR count). The molecule has 3 saturated heterocycles. The minimum absolute atomic E-state index is 0.0377.